The van der Waals surface area contributed by atoms with Gasteiger partial charge in [-0.2, -0.15) is 5.26 Å². The van der Waals surface area contributed by atoms with Gasteiger partial charge in [0.15, 0.2) is 0 Å². The van der Waals surface area contributed by atoms with Crippen molar-refractivity contribution in [3.63, 3.8) is 0 Å². The number of halogens is 2. The number of carbonyl (C=O) groups is 1. The highest BCUT2D eigenvalue weighted by Gasteiger charge is 2.38. The zero-order chi connectivity index (χ0) is 25.8. The molecule has 1 saturated heterocycles. The number of likely N-dealkylation sites (tertiary alicyclic amines) is 1. The maximum absolute atomic E-state index is 13.5. The van der Waals surface area contributed by atoms with Gasteiger partial charge in [-0.15, -0.1) is 0 Å². The Morgan fingerprint density at radius 3 is 2.49 bits per heavy atom. The number of sulfone groups is 1. The fraction of sp³-hybridized carbons (Fsp3) is 0.440. The van der Waals surface area contributed by atoms with E-state index in [1.54, 1.807) is 42.5 Å². The molecular formula is C25H30Cl2N4O3S. The van der Waals surface area contributed by atoms with Crippen LogP contribution in [0.4, 0.5) is 0 Å². The molecule has 0 aromatic heterocycles. The van der Waals surface area contributed by atoms with Crippen molar-refractivity contribution in [3.8, 4) is 6.07 Å². The number of nitrogens with zero attached hydrogens (tertiary/aromatic N) is 2. The largest absolute Gasteiger partial charge is 0.351 e. The molecule has 0 saturated carbocycles. The average Bonchev–Trinajstić information content (AvgIpc) is 2.82. The van der Waals surface area contributed by atoms with Gasteiger partial charge in [0.25, 0.3) is 0 Å². The molecule has 0 radical (unpaired) electrons. The van der Waals surface area contributed by atoms with Gasteiger partial charge in [-0.05, 0) is 61.6 Å². The van der Waals surface area contributed by atoms with E-state index < -0.39 is 26.7 Å². The van der Waals surface area contributed by atoms with E-state index in [1.807, 2.05) is 11.8 Å². The molecule has 10 heteroatoms. The van der Waals surface area contributed by atoms with Crippen LogP contribution in [0, 0.1) is 11.3 Å². The highest BCUT2D eigenvalue weighted by molar-refractivity contribution is 7.91. The van der Waals surface area contributed by atoms with Crippen LogP contribution in [0.3, 0.4) is 0 Å². The van der Waals surface area contributed by atoms with Crippen LogP contribution in [-0.4, -0.2) is 50.0 Å². The second-order valence-electron chi connectivity index (χ2n) is 9.28. The van der Waals surface area contributed by atoms with Crippen molar-refractivity contribution >= 4 is 38.9 Å². The Labute approximate surface area is 217 Å². The van der Waals surface area contributed by atoms with Gasteiger partial charge in [-0.3, -0.25) is 9.69 Å². The highest BCUT2D eigenvalue weighted by atomic mass is 35.5. The summed E-state index contributed by atoms with van der Waals surface area (Å²) in [4.78, 5) is 15.6. The van der Waals surface area contributed by atoms with Gasteiger partial charge in [0.2, 0.25) is 5.91 Å². The van der Waals surface area contributed by atoms with E-state index in [2.05, 4.69) is 11.4 Å². The molecule has 0 bridgehead atoms. The first-order valence-corrected chi connectivity index (χ1v) is 14.1. The molecule has 1 fully saturated rings. The van der Waals surface area contributed by atoms with Crippen molar-refractivity contribution in [2.75, 3.05) is 19.3 Å². The van der Waals surface area contributed by atoms with Crippen molar-refractivity contribution in [1.82, 2.24) is 10.2 Å². The summed E-state index contributed by atoms with van der Waals surface area (Å²) in [5.74, 6) is -0.181. The van der Waals surface area contributed by atoms with Gasteiger partial charge >= 0.3 is 0 Å². The number of nitrogens with one attached hydrogen (secondary N) is 1. The lowest BCUT2D eigenvalue weighted by molar-refractivity contribution is -0.126. The molecule has 3 N–H and O–H groups in total. The van der Waals surface area contributed by atoms with Crippen LogP contribution < -0.4 is 11.1 Å². The fourth-order valence-electron chi connectivity index (χ4n) is 4.35. The summed E-state index contributed by atoms with van der Waals surface area (Å²) in [6.45, 7) is 3.22. The molecule has 188 valence electrons. The SMILES string of the molecule is CC(CCN1CCC(S(C)(=O)=O)CC1N)(C(=O)NCc1ccc(C#N)cc1)c1ccc(Cl)c(Cl)c1. The number of carbonyl (C=O) groups excluding carboxylic acids is 1. The van der Waals surface area contributed by atoms with E-state index in [9.17, 15) is 13.2 Å². The summed E-state index contributed by atoms with van der Waals surface area (Å²) in [6, 6.07) is 14.3. The predicted molar refractivity (Wildman–Crippen MR) is 139 cm³/mol. The molecule has 7 nitrogen and oxygen atoms in total. The van der Waals surface area contributed by atoms with Gasteiger partial charge in [0.05, 0.1) is 38.5 Å². The number of benzene rings is 2. The number of nitriles is 1. The van der Waals surface area contributed by atoms with Crippen LogP contribution in [0.15, 0.2) is 42.5 Å². The zero-order valence-corrected chi connectivity index (χ0v) is 22.1. The maximum Gasteiger partial charge on any atom is 0.230 e. The number of amides is 1. The Morgan fingerprint density at radius 2 is 1.91 bits per heavy atom. The van der Waals surface area contributed by atoms with E-state index in [0.717, 1.165) is 11.1 Å². The number of hydrogen-bond acceptors (Lipinski definition) is 6. The monoisotopic (exact) mass is 536 g/mol. The average molecular weight is 538 g/mol. The van der Waals surface area contributed by atoms with Crippen LogP contribution >= 0.6 is 23.2 Å². The lowest BCUT2D eigenvalue weighted by Crippen LogP contribution is -2.53. The molecule has 1 amide bonds. The van der Waals surface area contributed by atoms with Crippen LogP contribution in [-0.2, 0) is 26.6 Å². The van der Waals surface area contributed by atoms with Crippen molar-refractivity contribution in [3.05, 3.63) is 69.2 Å². The predicted octanol–water partition coefficient (Wildman–Crippen LogP) is 3.62. The van der Waals surface area contributed by atoms with E-state index in [1.165, 1.54) is 6.26 Å². The zero-order valence-electron chi connectivity index (χ0n) is 19.8. The standard InChI is InChI=1S/C25H30Cl2N4O3S/c1-25(19-7-8-21(26)22(27)13-19,24(32)30-16-18-5-3-17(15-28)4-6-18)10-12-31-11-9-20(14-23(31)29)35(2,33)34/h3-8,13,20,23H,9-12,14,16,29H2,1-2H3,(H,30,32). The highest BCUT2D eigenvalue weighted by Crippen LogP contribution is 2.34. The molecule has 3 unspecified atom stereocenters. The van der Waals surface area contributed by atoms with Gasteiger partial charge in [-0.25, -0.2) is 8.42 Å². The number of rotatable bonds is 8. The Bertz CT molecular complexity index is 1210. The minimum absolute atomic E-state index is 0.181. The van der Waals surface area contributed by atoms with E-state index >= 15 is 0 Å². The summed E-state index contributed by atoms with van der Waals surface area (Å²) < 4.78 is 23.9. The van der Waals surface area contributed by atoms with Gasteiger partial charge in [0.1, 0.15) is 9.84 Å². The van der Waals surface area contributed by atoms with E-state index in [0.29, 0.717) is 54.5 Å². The smallest absolute Gasteiger partial charge is 0.230 e. The molecule has 1 aliphatic rings. The van der Waals surface area contributed by atoms with Crippen molar-refractivity contribution < 1.29 is 13.2 Å². The second kappa shape index (κ2) is 11.3. The van der Waals surface area contributed by atoms with Crippen molar-refractivity contribution in [2.45, 2.75) is 49.6 Å². The molecule has 0 aliphatic carbocycles. The van der Waals surface area contributed by atoms with Crippen LogP contribution in [0.25, 0.3) is 0 Å². The first-order valence-electron chi connectivity index (χ1n) is 11.4. The molecule has 1 aliphatic heterocycles. The summed E-state index contributed by atoms with van der Waals surface area (Å²) in [5, 5.41) is 12.3. The fourth-order valence-corrected chi connectivity index (χ4v) is 5.73. The lowest BCUT2D eigenvalue weighted by Gasteiger charge is -2.39. The second-order valence-corrected chi connectivity index (χ2v) is 12.4. The topological polar surface area (TPSA) is 116 Å². The number of hydrogen-bond donors (Lipinski definition) is 2. The molecule has 2 aromatic carbocycles. The molecule has 2 aromatic rings. The Balaban J connectivity index is 1.77. The van der Waals surface area contributed by atoms with E-state index in [4.69, 9.17) is 34.2 Å². The summed E-state index contributed by atoms with van der Waals surface area (Å²) in [6.07, 6.45) is 2.18. The molecule has 3 atom stereocenters. The summed E-state index contributed by atoms with van der Waals surface area (Å²) in [5.41, 5.74) is 7.53. The van der Waals surface area contributed by atoms with Crippen LogP contribution in [0.5, 0.6) is 0 Å². The first kappa shape index (κ1) is 27.4. The molecule has 0 spiro atoms. The third-order valence-electron chi connectivity index (χ3n) is 6.81. The number of piperidine rings is 1. The summed E-state index contributed by atoms with van der Waals surface area (Å²) >= 11 is 12.4. The Hall–Kier alpha value is -2.15. The maximum atomic E-state index is 13.5. The minimum Gasteiger partial charge on any atom is -0.351 e. The summed E-state index contributed by atoms with van der Waals surface area (Å²) in [7, 11) is -3.14. The number of nitrogens with two attached hydrogens (primary N) is 1. The van der Waals surface area contributed by atoms with Crippen molar-refractivity contribution in [2.24, 2.45) is 5.73 Å². The van der Waals surface area contributed by atoms with Gasteiger partial charge < -0.3 is 11.1 Å². The van der Waals surface area contributed by atoms with Gasteiger partial charge in [-0.1, -0.05) is 41.4 Å². The first-order chi connectivity index (χ1) is 16.4. The molecule has 35 heavy (non-hydrogen) atoms. The molecule has 3 rings (SSSR count). The Morgan fingerprint density at radius 1 is 1.23 bits per heavy atom. The third-order valence-corrected chi connectivity index (χ3v) is 9.19. The van der Waals surface area contributed by atoms with Crippen LogP contribution in [0.2, 0.25) is 10.0 Å². The quantitative estimate of drug-likeness (QED) is 0.532. The minimum atomic E-state index is -3.14. The Kier molecular flexibility index (Phi) is 8.84. The third kappa shape index (κ3) is 6.75. The van der Waals surface area contributed by atoms with Crippen molar-refractivity contribution in [1.29, 1.82) is 5.26 Å². The van der Waals surface area contributed by atoms with Crippen LogP contribution in [0.1, 0.15) is 42.9 Å². The molecular weight excluding hydrogens is 507 g/mol. The normalized spacial score (nSPS) is 20.6. The van der Waals surface area contributed by atoms with E-state index in [-0.39, 0.29) is 5.91 Å². The van der Waals surface area contributed by atoms with Gasteiger partial charge in [0, 0.05) is 25.9 Å². The lowest BCUT2D eigenvalue weighted by atomic mass is 9.78. The molecule has 1 heterocycles.